The zero-order chi connectivity index (χ0) is 16.4. The minimum Gasteiger partial charge on any atom is -0.371 e. The average molecular weight is 323 g/mol. The van der Waals surface area contributed by atoms with Gasteiger partial charge >= 0.3 is 11.9 Å². The molecule has 2 aromatic rings. The third-order valence-electron chi connectivity index (χ3n) is 4.00. The van der Waals surface area contributed by atoms with Gasteiger partial charge in [0.05, 0.1) is 5.56 Å². The maximum absolute atomic E-state index is 13.5. The summed E-state index contributed by atoms with van der Waals surface area (Å²) in [6, 6.07) is 4.27. The van der Waals surface area contributed by atoms with Crippen molar-refractivity contribution in [2.75, 3.05) is 18.0 Å². The first-order chi connectivity index (χ1) is 10.9. The van der Waals surface area contributed by atoms with Crippen LogP contribution in [-0.4, -0.2) is 23.1 Å². The van der Waals surface area contributed by atoms with Crippen LogP contribution in [-0.2, 0) is 6.18 Å². The fourth-order valence-electron chi connectivity index (χ4n) is 2.85. The quantitative estimate of drug-likeness (QED) is 0.921. The van der Waals surface area contributed by atoms with Crippen molar-refractivity contribution in [1.29, 1.82) is 0 Å². The topological polar surface area (TPSA) is 49.0 Å². The zero-order valence-electron chi connectivity index (χ0n) is 12.4. The summed E-state index contributed by atoms with van der Waals surface area (Å²) < 4.78 is 40.4. The summed E-state index contributed by atoms with van der Waals surface area (Å²) in [5, 5.41) is 0. The first kappa shape index (κ1) is 15.6. The van der Waals surface area contributed by atoms with Crippen LogP contribution >= 0.6 is 0 Å². The van der Waals surface area contributed by atoms with Crippen LogP contribution < -0.4 is 10.6 Å². The fourth-order valence-corrected chi connectivity index (χ4v) is 2.85. The van der Waals surface area contributed by atoms with Gasteiger partial charge in [0.1, 0.15) is 0 Å². The molecule has 1 saturated heterocycles. The summed E-state index contributed by atoms with van der Waals surface area (Å²) in [6.45, 7) is 1.28. The Balaban J connectivity index is 2.04. The second-order valence-electron chi connectivity index (χ2n) is 5.58. The predicted molar refractivity (Wildman–Crippen MR) is 81.4 cm³/mol. The molecule has 1 aliphatic heterocycles. The highest BCUT2D eigenvalue weighted by atomic mass is 19.4. The van der Waals surface area contributed by atoms with E-state index in [1.54, 1.807) is 11.0 Å². The number of hydrogen-bond donors (Lipinski definition) is 1. The van der Waals surface area contributed by atoms with Gasteiger partial charge in [-0.2, -0.15) is 13.2 Å². The number of aromatic amines is 1. The highest BCUT2D eigenvalue weighted by molar-refractivity contribution is 5.68. The Morgan fingerprint density at radius 2 is 1.83 bits per heavy atom. The molecule has 4 nitrogen and oxygen atoms in total. The van der Waals surface area contributed by atoms with Crippen LogP contribution in [0.15, 0.2) is 35.4 Å². The Morgan fingerprint density at radius 3 is 2.43 bits per heavy atom. The van der Waals surface area contributed by atoms with E-state index < -0.39 is 17.4 Å². The summed E-state index contributed by atoms with van der Waals surface area (Å²) in [5.41, 5.74) is -0.140. The van der Waals surface area contributed by atoms with E-state index in [2.05, 4.69) is 9.97 Å². The van der Waals surface area contributed by atoms with Crippen LogP contribution in [0.2, 0.25) is 0 Å². The van der Waals surface area contributed by atoms with Gasteiger partial charge in [0.15, 0.2) is 0 Å². The Hall–Kier alpha value is -2.31. The molecule has 0 amide bonds. The van der Waals surface area contributed by atoms with Crippen molar-refractivity contribution in [3.8, 4) is 11.1 Å². The molecule has 0 atom stereocenters. The Morgan fingerprint density at radius 1 is 1.09 bits per heavy atom. The molecule has 1 fully saturated rings. The summed E-state index contributed by atoms with van der Waals surface area (Å²) in [5.74, 6) is 0. The van der Waals surface area contributed by atoms with Gasteiger partial charge in [-0.15, -0.1) is 0 Å². The predicted octanol–water partition coefficient (Wildman–Crippen LogP) is 3.45. The Labute approximate surface area is 131 Å². The number of H-pyrrole nitrogens is 1. The maximum Gasteiger partial charge on any atom is 0.418 e. The SMILES string of the molecule is O=c1ncc(-c2ccc(N3CCCCC3)c(C(F)(F)F)c2)c[nH]1. The van der Waals surface area contributed by atoms with Crippen LogP contribution in [0.25, 0.3) is 11.1 Å². The molecule has 0 spiro atoms. The molecule has 0 radical (unpaired) electrons. The number of halogens is 3. The summed E-state index contributed by atoms with van der Waals surface area (Å²) in [7, 11) is 0. The van der Waals surface area contributed by atoms with E-state index in [0.717, 1.165) is 25.3 Å². The maximum atomic E-state index is 13.5. The van der Waals surface area contributed by atoms with Gasteiger partial charge in [-0.05, 0) is 37.0 Å². The second-order valence-corrected chi connectivity index (χ2v) is 5.58. The van der Waals surface area contributed by atoms with Crippen molar-refractivity contribution >= 4 is 5.69 Å². The van der Waals surface area contributed by atoms with Crippen LogP contribution in [0.4, 0.5) is 18.9 Å². The highest BCUT2D eigenvalue weighted by Gasteiger charge is 2.35. The van der Waals surface area contributed by atoms with E-state index >= 15 is 0 Å². The Bertz CT molecular complexity index is 728. The molecule has 23 heavy (non-hydrogen) atoms. The van der Waals surface area contributed by atoms with Gasteiger partial charge in [-0.1, -0.05) is 6.07 Å². The molecule has 1 N–H and O–H groups in total. The van der Waals surface area contributed by atoms with Gasteiger partial charge in [-0.3, -0.25) is 0 Å². The van der Waals surface area contributed by atoms with E-state index in [1.807, 2.05) is 0 Å². The van der Waals surface area contributed by atoms with Crippen LogP contribution in [0.5, 0.6) is 0 Å². The number of anilines is 1. The van der Waals surface area contributed by atoms with E-state index in [1.165, 1.54) is 18.5 Å². The minimum atomic E-state index is -4.43. The molecule has 7 heteroatoms. The number of benzene rings is 1. The molecule has 0 unspecified atom stereocenters. The standard InChI is InChI=1S/C16H16F3N3O/c17-16(18,19)13-8-11(12-9-20-15(23)21-10-12)4-5-14(13)22-6-2-1-3-7-22/h4-5,8-10H,1-3,6-7H2,(H,20,21,23). The molecular weight excluding hydrogens is 307 g/mol. The largest absolute Gasteiger partial charge is 0.418 e. The molecule has 1 aliphatic rings. The average Bonchev–Trinajstić information content (AvgIpc) is 2.55. The number of rotatable bonds is 2. The first-order valence-electron chi connectivity index (χ1n) is 7.46. The van der Waals surface area contributed by atoms with Crippen molar-refractivity contribution in [1.82, 2.24) is 9.97 Å². The molecule has 0 bridgehead atoms. The molecular formula is C16H16F3N3O. The molecule has 122 valence electrons. The summed E-state index contributed by atoms with van der Waals surface area (Å²) >= 11 is 0. The van der Waals surface area contributed by atoms with E-state index in [0.29, 0.717) is 24.2 Å². The lowest BCUT2D eigenvalue weighted by molar-refractivity contribution is -0.137. The highest BCUT2D eigenvalue weighted by Crippen LogP contribution is 2.39. The third-order valence-corrected chi connectivity index (χ3v) is 4.00. The van der Waals surface area contributed by atoms with Gasteiger partial charge in [0.25, 0.3) is 0 Å². The van der Waals surface area contributed by atoms with E-state index in [4.69, 9.17) is 0 Å². The number of nitrogens with zero attached hydrogens (tertiary/aromatic N) is 2. The van der Waals surface area contributed by atoms with E-state index in [9.17, 15) is 18.0 Å². The molecule has 2 heterocycles. The van der Waals surface area contributed by atoms with Gasteiger partial charge < -0.3 is 9.88 Å². The van der Waals surface area contributed by atoms with Crippen molar-refractivity contribution < 1.29 is 13.2 Å². The normalized spacial score (nSPS) is 15.7. The van der Waals surface area contributed by atoms with Gasteiger partial charge in [0, 0.05) is 36.7 Å². The number of alkyl halides is 3. The number of aromatic nitrogens is 2. The molecule has 1 aromatic heterocycles. The van der Waals surface area contributed by atoms with Crippen LogP contribution in [0.3, 0.4) is 0 Å². The molecule has 1 aromatic carbocycles. The van der Waals surface area contributed by atoms with Crippen molar-refractivity contribution in [3.63, 3.8) is 0 Å². The van der Waals surface area contributed by atoms with Crippen molar-refractivity contribution in [2.24, 2.45) is 0 Å². The molecule has 0 aliphatic carbocycles. The molecule has 3 rings (SSSR count). The van der Waals surface area contributed by atoms with Crippen molar-refractivity contribution in [3.05, 3.63) is 46.6 Å². The second kappa shape index (κ2) is 6.06. The number of nitrogens with one attached hydrogen (secondary N) is 1. The lowest BCUT2D eigenvalue weighted by Gasteiger charge is -2.31. The lowest BCUT2D eigenvalue weighted by Crippen LogP contribution is -2.31. The molecule has 0 saturated carbocycles. The van der Waals surface area contributed by atoms with Crippen LogP contribution in [0.1, 0.15) is 24.8 Å². The number of piperidine rings is 1. The monoisotopic (exact) mass is 323 g/mol. The fraction of sp³-hybridized carbons (Fsp3) is 0.375. The van der Waals surface area contributed by atoms with Gasteiger partial charge in [0.2, 0.25) is 0 Å². The number of hydrogen-bond acceptors (Lipinski definition) is 3. The van der Waals surface area contributed by atoms with E-state index in [-0.39, 0.29) is 5.69 Å². The lowest BCUT2D eigenvalue weighted by atomic mass is 10.0. The van der Waals surface area contributed by atoms with Gasteiger partial charge in [-0.25, -0.2) is 9.78 Å². The van der Waals surface area contributed by atoms with Crippen LogP contribution in [0, 0.1) is 0 Å². The van der Waals surface area contributed by atoms with Crippen molar-refractivity contribution in [2.45, 2.75) is 25.4 Å². The minimum absolute atomic E-state index is 0.221. The Kier molecular flexibility index (Phi) is 4.11. The first-order valence-corrected chi connectivity index (χ1v) is 7.46. The zero-order valence-corrected chi connectivity index (χ0v) is 12.4. The third kappa shape index (κ3) is 3.38. The smallest absolute Gasteiger partial charge is 0.371 e. The summed E-state index contributed by atoms with van der Waals surface area (Å²) in [6.07, 6.45) is 1.07. The summed E-state index contributed by atoms with van der Waals surface area (Å²) in [4.78, 5) is 18.7.